The minimum absolute atomic E-state index is 0.0116. The van der Waals surface area contributed by atoms with Crippen molar-refractivity contribution in [3.8, 4) is 16.9 Å². The first-order valence-electron chi connectivity index (χ1n) is 6.37. The molecule has 2 aromatic carbocycles. The monoisotopic (exact) mass is 319 g/mol. The van der Waals surface area contributed by atoms with Gasteiger partial charge in [0.25, 0.3) is 0 Å². The van der Waals surface area contributed by atoms with Gasteiger partial charge in [0.1, 0.15) is 23.1 Å². The Morgan fingerprint density at radius 2 is 1.57 bits per heavy atom. The Morgan fingerprint density at radius 3 is 2.13 bits per heavy atom. The van der Waals surface area contributed by atoms with Gasteiger partial charge in [-0.05, 0) is 36.4 Å². The summed E-state index contributed by atoms with van der Waals surface area (Å²) >= 11 is 0. The van der Waals surface area contributed by atoms with E-state index in [-0.39, 0.29) is 11.4 Å². The highest BCUT2D eigenvalue weighted by Crippen LogP contribution is 2.26. The van der Waals surface area contributed by atoms with E-state index in [1.807, 2.05) is 0 Å². The molecule has 1 aromatic heterocycles. The van der Waals surface area contributed by atoms with Crippen LogP contribution < -0.4 is 0 Å². The molecule has 3 aromatic rings. The van der Waals surface area contributed by atoms with Gasteiger partial charge < -0.3 is 5.11 Å². The summed E-state index contributed by atoms with van der Waals surface area (Å²) in [6.45, 7) is 0. The maximum Gasteiger partial charge on any atom is 0.358 e. The number of carbonyl (C=O) groups is 1. The van der Waals surface area contributed by atoms with Crippen molar-refractivity contribution in [3.05, 3.63) is 65.6 Å². The van der Waals surface area contributed by atoms with E-state index in [0.29, 0.717) is 11.6 Å². The van der Waals surface area contributed by atoms with E-state index >= 15 is 0 Å². The predicted molar refractivity (Wildman–Crippen MR) is 73.6 cm³/mol. The summed E-state index contributed by atoms with van der Waals surface area (Å²) in [5.74, 6) is -3.58. The van der Waals surface area contributed by atoms with E-state index in [0.717, 1.165) is 28.9 Å². The maximum absolute atomic E-state index is 13.4. The summed E-state index contributed by atoms with van der Waals surface area (Å²) in [5, 5.41) is 16.4. The molecule has 5 nitrogen and oxygen atoms in total. The van der Waals surface area contributed by atoms with E-state index in [1.54, 1.807) is 0 Å². The average molecular weight is 319 g/mol. The van der Waals surface area contributed by atoms with Crippen LogP contribution in [0.3, 0.4) is 0 Å². The first kappa shape index (κ1) is 14.8. The molecule has 0 aliphatic carbocycles. The summed E-state index contributed by atoms with van der Waals surface area (Å²) in [6.07, 6.45) is 0. The number of aromatic nitrogens is 3. The lowest BCUT2D eigenvalue weighted by Gasteiger charge is -2.08. The van der Waals surface area contributed by atoms with Gasteiger partial charge in [-0.3, -0.25) is 0 Å². The summed E-state index contributed by atoms with van der Waals surface area (Å²) in [6, 6.07) is 7.55. The van der Waals surface area contributed by atoms with Gasteiger partial charge in [-0.15, -0.1) is 5.10 Å². The molecule has 0 amide bonds. The van der Waals surface area contributed by atoms with Crippen LogP contribution >= 0.6 is 0 Å². The van der Waals surface area contributed by atoms with Crippen LogP contribution in [0.15, 0.2) is 42.5 Å². The second-order valence-electron chi connectivity index (χ2n) is 4.64. The van der Waals surface area contributed by atoms with Crippen LogP contribution in [0.25, 0.3) is 16.9 Å². The third-order valence-electron chi connectivity index (χ3n) is 3.08. The Balaban J connectivity index is 2.26. The van der Waals surface area contributed by atoms with Crippen LogP contribution in [0.2, 0.25) is 0 Å². The second kappa shape index (κ2) is 5.56. The number of halogens is 3. The number of benzene rings is 2. The highest BCUT2D eigenvalue weighted by molar-refractivity contribution is 5.93. The van der Waals surface area contributed by atoms with E-state index in [2.05, 4.69) is 10.3 Å². The summed E-state index contributed by atoms with van der Waals surface area (Å²) in [4.78, 5) is 11.3. The van der Waals surface area contributed by atoms with Gasteiger partial charge in [-0.25, -0.2) is 22.6 Å². The zero-order chi connectivity index (χ0) is 16.6. The Kier molecular flexibility index (Phi) is 3.57. The number of hydrogen-bond acceptors (Lipinski definition) is 3. The molecule has 0 unspecified atom stereocenters. The van der Waals surface area contributed by atoms with Gasteiger partial charge in [0.05, 0.1) is 5.69 Å². The largest absolute Gasteiger partial charge is 0.476 e. The number of hydrogen-bond donors (Lipinski definition) is 1. The van der Waals surface area contributed by atoms with E-state index in [4.69, 9.17) is 0 Å². The van der Waals surface area contributed by atoms with Gasteiger partial charge in [-0.2, -0.15) is 0 Å². The van der Waals surface area contributed by atoms with Crippen molar-refractivity contribution in [2.45, 2.75) is 0 Å². The molecule has 3 rings (SSSR count). The molecule has 0 saturated carbocycles. The first-order valence-corrected chi connectivity index (χ1v) is 6.37. The molecule has 0 aliphatic heterocycles. The molecular formula is C15H8F3N3O2. The average Bonchev–Trinajstić information content (AvgIpc) is 2.92. The summed E-state index contributed by atoms with van der Waals surface area (Å²) in [7, 11) is 0. The van der Waals surface area contributed by atoms with E-state index in [9.17, 15) is 23.1 Å². The zero-order valence-corrected chi connectivity index (χ0v) is 11.4. The molecule has 1 N–H and O–H groups in total. The smallest absolute Gasteiger partial charge is 0.358 e. The normalized spacial score (nSPS) is 10.7. The fourth-order valence-electron chi connectivity index (χ4n) is 2.13. The highest BCUT2D eigenvalue weighted by atomic mass is 19.1. The number of aromatic carboxylic acids is 1. The molecule has 0 fully saturated rings. The van der Waals surface area contributed by atoms with Crippen molar-refractivity contribution in [1.82, 2.24) is 15.0 Å². The molecular weight excluding hydrogens is 311 g/mol. The van der Waals surface area contributed by atoms with Crippen molar-refractivity contribution >= 4 is 5.97 Å². The SMILES string of the molecule is O=C(O)c1nnn(-c2cc(F)cc(F)c2)c1-c1ccc(F)cc1. The fraction of sp³-hybridized carbons (Fsp3) is 0. The van der Waals surface area contributed by atoms with Crippen LogP contribution in [0.1, 0.15) is 10.5 Å². The quantitative estimate of drug-likeness (QED) is 0.805. The number of rotatable bonds is 3. The predicted octanol–water partition coefficient (Wildman–Crippen LogP) is 3.05. The van der Waals surface area contributed by atoms with Crippen LogP contribution in [-0.2, 0) is 0 Å². The summed E-state index contributed by atoms with van der Waals surface area (Å²) in [5.41, 5.74) is -0.177. The molecule has 0 aliphatic rings. The van der Waals surface area contributed by atoms with Crippen molar-refractivity contribution in [3.63, 3.8) is 0 Å². The van der Waals surface area contributed by atoms with Crippen molar-refractivity contribution < 1.29 is 23.1 Å². The van der Waals surface area contributed by atoms with Crippen LogP contribution in [0, 0.1) is 17.5 Å². The van der Waals surface area contributed by atoms with E-state index < -0.39 is 29.1 Å². The summed E-state index contributed by atoms with van der Waals surface area (Å²) < 4.78 is 40.8. The Morgan fingerprint density at radius 1 is 0.957 bits per heavy atom. The molecule has 0 bridgehead atoms. The fourth-order valence-corrected chi connectivity index (χ4v) is 2.13. The Labute approximate surface area is 127 Å². The molecule has 0 radical (unpaired) electrons. The van der Waals surface area contributed by atoms with E-state index in [1.165, 1.54) is 12.1 Å². The third kappa shape index (κ3) is 2.78. The molecule has 0 spiro atoms. The zero-order valence-electron chi connectivity index (χ0n) is 11.4. The molecule has 0 saturated heterocycles. The van der Waals surface area contributed by atoms with Gasteiger partial charge in [0.15, 0.2) is 5.69 Å². The minimum atomic E-state index is -1.37. The van der Waals surface area contributed by atoms with Crippen molar-refractivity contribution in [2.75, 3.05) is 0 Å². The van der Waals surface area contributed by atoms with Crippen LogP contribution in [0.5, 0.6) is 0 Å². The Hall–Kier alpha value is -3.16. The Bertz CT molecular complexity index is 871. The van der Waals surface area contributed by atoms with Gasteiger partial charge in [0, 0.05) is 11.6 Å². The minimum Gasteiger partial charge on any atom is -0.476 e. The van der Waals surface area contributed by atoms with Crippen molar-refractivity contribution in [1.29, 1.82) is 0 Å². The highest BCUT2D eigenvalue weighted by Gasteiger charge is 2.22. The number of carboxylic acid groups (broad SMARTS) is 1. The van der Waals surface area contributed by atoms with Crippen LogP contribution in [0.4, 0.5) is 13.2 Å². The first-order chi connectivity index (χ1) is 11.0. The van der Waals surface area contributed by atoms with Gasteiger partial charge in [0.2, 0.25) is 0 Å². The van der Waals surface area contributed by atoms with Gasteiger partial charge >= 0.3 is 5.97 Å². The number of nitrogens with zero attached hydrogens (tertiary/aromatic N) is 3. The second-order valence-corrected chi connectivity index (χ2v) is 4.64. The number of carboxylic acids is 1. The maximum atomic E-state index is 13.4. The lowest BCUT2D eigenvalue weighted by molar-refractivity contribution is 0.0691. The molecule has 8 heteroatoms. The van der Waals surface area contributed by atoms with Gasteiger partial charge in [-0.1, -0.05) is 5.21 Å². The van der Waals surface area contributed by atoms with Crippen molar-refractivity contribution in [2.24, 2.45) is 0 Å². The topological polar surface area (TPSA) is 68.0 Å². The molecule has 23 heavy (non-hydrogen) atoms. The molecule has 0 atom stereocenters. The lowest BCUT2D eigenvalue weighted by Crippen LogP contribution is -2.04. The standard InChI is InChI=1S/C15H8F3N3O2/c16-9-3-1-8(2-4-9)14-13(15(22)23)19-20-21(14)12-6-10(17)5-11(18)7-12/h1-7H,(H,22,23). The third-order valence-corrected chi connectivity index (χ3v) is 3.08. The molecule has 1 heterocycles. The molecule has 116 valence electrons. The lowest BCUT2D eigenvalue weighted by atomic mass is 10.1. The van der Waals surface area contributed by atoms with Crippen LogP contribution in [-0.4, -0.2) is 26.1 Å².